The van der Waals surface area contributed by atoms with Gasteiger partial charge in [-0.3, -0.25) is 4.98 Å². The number of benzene rings is 1. The molecule has 0 radical (unpaired) electrons. The van der Waals surface area contributed by atoms with Crippen LogP contribution in [0, 0.1) is 0 Å². The fourth-order valence-corrected chi connectivity index (χ4v) is 5.06. The van der Waals surface area contributed by atoms with Gasteiger partial charge in [0.25, 0.3) is 0 Å². The van der Waals surface area contributed by atoms with Gasteiger partial charge < -0.3 is 4.90 Å². The lowest BCUT2D eigenvalue weighted by atomic mass is 9.91. The highest BCUT2D eigenvalue weighted by molar-refractivity contribution is 7.99. The van der Waals surface area contributed by atoms with E-state index in [1.54, 1.807) is 5.56 Å². The first-order chi connectivity index (χ1) is 10.8. The predicted molar refractivity (Wildman–Crippen MR) is 93.4 cm³/mol. The summed E-state index contributed by atoms with van der Waals surface area (Å²) in [6, 6.07) is 12.0. The van der Waals surface area contributed by atoms with E-state index < -0.39 is 0 Å². The zero-order chi connectivity index (χ0) is 14.9. The van der Waals surface area contributed by atoms with Crippen LogP contribution < -0.4 is 0 Å². The molecule has 2 nitrogen and oxygen atoms in total. The number of likely N-dealkylation sites (tertiary alicyclic amines) is 1. The minimum absolute atomic E-state index is 0.715. The van der Waals surface area contributed by atoms with Gasteiger partial charge in [0.05, 0.1) is 0 Å². The van der Waals surface area contributed by atoms with Crippen LogP contribution in [0.4, 0.5) is 0 Å². The van der Waals surface area contributed by atoms with Crippen molar-refractivity contribution in [3.8, 4) is 11.1 Å². The molecule has 1 unspecified atom stereocenters. The van der Waals surface area contributed by atoms with Crippen LogP contribution in [0.15, 0.2) is 47.6 Å². The Hall–Kier alpha value is -1.32. The number of aromatic nitrogens is 1. The Kier molecular flexibility index (Phi) is 3.93. The minimum atomic E-state index is 0.715. The van der Waals surface area contributed by atoms with E-state index >= 15 is 0 Å². The first-order valence-corrected chi connectivity index (χ1v) is 9.17. The Morgan fingerprint density at radius 1 is 1.18 bits per heavy atom. The Morgan fingerprint density at radius 2 is 2.05 bits per heavy atom. The van der Waals surface area contributed by atoms with Crippen LogP contribution in [-0.4, -0.2) is 35.3 Å². The van der Waals surface area contributed by atoms with Gasteiger partial charge in [-0.2, -0.15) is 0 Å². The number of fused-ring (bicyclic) bond motifs is 1. The second-order valence-corrected chi connectivity index (χ2v) is 7.57. The van der Waals surface area contributed by atoms with Crippen molar-refractivity contribution < 1.29 is 0 Å². The normalized spacial score (nSPS) is 24.6. The number of hydrogen-bond donors (Lipinski definition) is 0. The molecule has 0 bridgehead atoms. The molecule has 0 N–H and O–H groups in total. The van der Waals surface area contributed by atoms with Crippen molar-refractivity contribution in [2.75, 3.05) is 19.3 Å². The average molecular weight is 310 g/mol. The summed E-state index contributed by atoms with van der Waals surface area (Å²) in [4.78, 5) is 8.17. The molecule has 1 aromatic carbocycles. The second kappa shape index (κ2) is 6.05. The number of thioether (sulfide) groups is 1. The zero-order valence-corrected chi connectivity index (χ0v) is 13.9. The summed E-state index contributed by atoms with van der Waals surface area (Å²) in [5.74, 6) is 1.96. The topological polar surface area (TPSA) is 16.1 Å². The largest absolute Gasteiger partial charge is 0.303 e. The average Bonchev–Trinajstić information content (AvgIpc) is 3.15. The molecule has 3 heteroatoms. The summed E-state index contributed by atoms with van der Waals surface area (Å²) in [6.07, 6.45) is 7.81. The van der Waals surface area contributed by atoms with Crippen LogP contribution >= 0.6 is 11.8 Å². The molecule has 1 saturated heterocycles. The molecule has 2 aliphatic rings. The minimum Gasteiger partial charge on any atom is -0.303 e. The van der Waals surface area contributed by atoms with Crippen LogP contribution in [0.25, 0.3) is 11.1 Å². The van der Waals surface area contributed by atoms with E-state index in [4.69, 9.17) is 0 Å². The van der Waals surface area contributed by atoms with Gasteiger partial charge in [0, 0.05) is 29.1 Å². The molecule has 1 fully saturated rings. The maximum atomic E-state index is 4.13. The van der Waals surface area contributed by atoms with E-state index in [0.717, 1.165) is 6.04 Å². The van der Waals surface area contributed by atoms with Crippen molar-refractivity contribution in [3.05, 3.63) is 48.3 Å². The van der Waals surface area contributed by atoms with Crippen molar-refractivity contribution in [2.45, 2.75) is 36.1 Å². The molecule has 4 rings (SSSR count). The summed E-state index contributed by atoms with van der Waals surface area (Å²) in [5, 5.41) is 0. The van der Waals surface area contributed by atoms with Gasteiger partial charge >= 0.3 is 0 Å². The van der Waals surface area contributed by atoms with E-state index in [2.05, 4.69) is 47.3 Å². The highest BCUT2D eigenvalue weighted by Gasteiger charge is 2.29. The molecule has 2 aliphatic heterocycles. The van der Waals surface area contributed by atoms with Crippen LogP contribution in [0.3, 0.4) is 0 Å². The van der Waals surface area contributed by atoms with E-state index in [1.807, 2.05) is 24.2 Å². The molecule has 1 aromatic heterocycles. The highest BCUT2D eigenvalue weighted by Crippen LogP contribution is 2.44. The molecule has 3 heterocycles. The number of nitrogens with zero attached hydrogens (tertiary/aromatic N) is 2. The molecule has 0 amide bonds. The number of hydrogen-bond acceptors (Lipinski definition) is 3. The van der Waals surface area contributed by atoms with Gasteiger partial charge in [-0.25, -0.2) is 0 Å². The fraction of sp³-hybridized carbons (Fsp3) is 0.421. The standard InChI is InChI=1S/C19H22N2S/c1-21-10-2-3-17(21)11-16-13-22-19-5-4-15(12-18(16)19)14-6-8-20-9-7-14/h4-9,12,16-17H,2-3,10-11,13H2,1H3/t16?,17-/m1/s1. The van der Waals surface area contributed by atoms with E-state index in [1.165, 1.54) is 47.6 Å². The van der Waals surface area contributed by atoms with Crippen LogP contribution in [0.5, 0.6) is 0 Å². The molecule has 22 heavy (non-hydrogen) atoms. The summed E-state index contributed by atoms with van der Waals surface area (Å²) >= 11 is 2.03. The smallest absolute Gasteiger partial charge is 0.0273 e. The predicted octanol–water partition coefficient (Wildman–Crippen LogP) is 4.42. The summed E-state index contributed by atoms with van der Waals surface area (Å²) < 4.78 is 0. The Balaban J connectivity index is 1.60. The first kappa shape index (κ1) is 14.3. The van der Waals surface area contributed by atoms with Crippen LogP contribution in [-0.2, 0) is 0 Å². The third-order valence-electron chi connectivity index (χ3n) is 5.13. The number of pyridine rings is 1. The van der Waals surface area contributed by atoms with Gasteiger partial charge in [0.15, 0.2) is 0 Å². The maximum Gasteiger partial charge on any atom is 0.0273 e. The SMILES string of the molecule is CN1CCC[C@@H]1CC1CSc2ccc(-c3ccncc3)cc21. The number of rotatable bonds is 3. The third-order valence-corrected chi connectivity index (χ3v) is 6.38. The monoisotopic (exact) mass is 310 g/mol. The quantitative estimate of drug-likeness (QED) is 0.835. The zero-order valence-electron chi connectivity index (χ0n) is 13.0. The lowest BCUT2D eigenvalue weighted by Gasteiger charge is -2.23. The van der Waals surface area contributed by atoms with Crippen molar-refractivity contribution in [1.82, 2.24) is 9.88 Å². The molecule has 2 aromatic rings. The van der Waals surface area contributed by atoms with Crippen molar-refractivity contribution in [1.29, 1.82) is 0 Å². The maximum absolute atomic E-state index is 4.13. The van der Waals surface area contributed by atoms with Crippen molar-refractivity contribution in [2.24, 2.45) is 0 Å². The molecule has 114 valence electrons. The van der Waals surface area contributed by atoms with Gasteiger partial charge in [-0.1, -0.05) is 6.07 Å². The first-order valence-electron chi connectivity index (χ1n) is 8.18. The van der Waals surface area contributed by atoms with E-state index in [0.29, 0.717) is 5.92 Å². The Bertz CT molecular complexity index is 656. The molecular formula is C19H22N2S. The molecular weight excluding hydrogens is 288 g/mol. The van der Waals surface area contributed by atoms with E-state index in [-0.39, 0.29) is 0 Å². The van der Waals surface area contributed by atoms with Crippen molar-refractivity contribution in [3.63, 3.8) is 0 Å². The summed E-state index contributed by atoms with van der Waals surface area (Å²) in [6.45, 7) is 1.27. The molecule has 0 aliphatic carbocycles. The lowest BCUT2D eigenvalue weighted by Crippen LogP contribution is -2.26. The van der Waals surface area contributed by atoms with Gasteiger partial charge in [-0.05, 0) is 79.7 Å². The van der Waals surface area contributed by atoms with Gasteiger partial charge in [-0.15, -0.1) is 11.8 Å². The molecule has 2 atom stereocenters. The Labute approximate surface area is 136 Å². The highest BCUT2D eigenvalue weighted by atomic mass is 32.2. The van der Waals surface area contributed by atoms with E-state index in [9.17, 15) is 0 Å². The summed E-state index contributed by atoms with van der Waals surface area (Å²) in [5.41, 5.74) is 4.17. The lowest BCUT2D eigenvalue weighted by molar-refractivity contribution is 0.286. The van der Waals surface area contributed by atoms with Crippen molar-refractivity contribution >= 4 is 11.8 Å². The fourth-order valence-electron chi connectivity index (χ4n) is 3.80. The van der Waals surface area contributed by atoms with Gasteiger partial charge in [0.1, 0.15) is 0 Å². The second-order valence-electron chi connectivity index (χ2n) is 6.51. The molecule has 0 saturated carbocycles. The summed E-state index contributed by atoms with van der Waals surface area (Å²) in [7, 11) is 2.29. The van der Waals surface area contributed by atoms with Crippen LogP contribution in [0.1, 0.15) is 30.7 Å². The third kappa shape index (κ3) is 2.68. The van der Waals surface area contributed by atoms with Gasteiger partial charge in [0.2, 0.25) is 0 Å². The van der Waals surface area contributed by atoms with Crippen LogP contribution in [0.2, 0.25) is 0 Å². The Morgan fingerprint density at radius 3 is 2.82 bits per heavy atom. The molecule has 0 spiro atoms.